The number of nitrogens with zero attached hydrogens (tertiary/aromatic N) is 2. The second-order valence-corrected chi connectivity index (χ2v) is 6.21. The van der Waals surface area contributed by atoms with E-state index in [9.17, 15) is 17.2 Å². The summed E-state index contributed by atoms with van der Waals surface area (Å²) in [6, 6.07) is 3.61. The van der Waals surface area contributed by atoms with Gasteiger partial charge in [0.05, 0.1) is 11.4 Å². The van der Waals surface area contributed by atoms with Crippen molar-refractivity contribution in [2.75, 3.05) is 4.72 Å². The number of aromatic nitrogens is 2. The minimum atomic E-state index is -4.13. The molecular weight excluding hydrogens is 300 g/mol. The molecule has 8 heteroatoms. The monoisotopic (exact) mass is 315 g/mol. The van der Waals surface area contributed by atoms with Crippen LogP contribution in [0.4, 0.5) is 14.5 Å². The summed E-state index contributed by atoms with van der Waals surface area (Å²) in [6.07, 6.45) is 0. The van der Waals surface area contributed by atoms with Gasteiger partial charge in [-0.25, -0.2) is 17.5 Å². The molecule has 0 aliphatic rings. The van der Waals surface area contributed by atoms with Crippen LogP contribution in [0.25, 0.3) is 0 Å². The van der Waals surface area contributed by atoms with E-state index in [0.717, 1.165) is 10.7 Å². The molecule has 1 N–H and O–H groups in total. The van der Waals surface area contributed by atoms with Crippen molar-refractivity contribution in [3.63, 3.8) is 0 Å². The first kappa shape index (κ1) is 15.4. The number of aryl methyl sites for hydroxylation is 3. The van der Waals surface area contributed by atoms with Crippen LogP contribution in [0.2, 0.25) is 0 Å². The standard InChI is InChI=1S/C13H15F2N3O2S/c1-4-18-13(15)12(9(3)16-18)21(19,20)17-11-6-5-10(14)7-8(11)2/h5-7,17H,4H2,1-3H3. The summed E-state index contributed by atoms with van der Waals surface area (Å²) in [4.78, 5) is -0.493. The normalized spacial score (nSPS) is 11.7. The highest BCUT2D eigenvalue weighted by Crippen LogP contribution is 2.24. The Balaban J connectivity index is 2.46. The first-order valence-corrected chi connectivity index (χ1v) is 7.76. The molecule has 2 rings (SSSR count). The Bertz CT molecular complexity index is 785. The lowest BCUT2D eigenvalue weighted by atomic mass is 10.2. The van der Waals surface area contributed by atoms with Gasteiger partial charge < -0.3 is 0 Å². The fourth-order valence-corrected chi connectivity index (χ4v) is 3.37. The van der Waals surface area contributed by atoms with Gasteiger partial charge in [0.15, 0.2) is 4.90 Å². The highest BCUT2D eigenvalue weighted by molar-refractivity contribution is 7.92. The maximum absolute atomic E-state index is 14.1. The van der Waals surface area contributed by atoms with Crippen molar-refractivity contribution in [3.05, 3.63) is 41.2 Å². The number of nitrogens with one attached hydrogen (secondary N) is 1. The molecule has 0 aliphatic heterocycles. The van der Waals surface area contributed by atoms with Crippen LogP contribution >= 0.6 is 0 Å². The van der Waals surface area contributed by atoms with Crippen molar-refractivity contribution in [2.24, 2.45) is 0 Å². The summed E-state index contributed by atoms with van der Waals surface area (Å²) in [7, 11) is -4.13. The average Bonchev–Trinajstić information content (AvgIpc) is 2.68. The molecule has 1 aromatic carbocycles. The maximum Gasteiger partial charge on any atom is 0.268 e. The molecule has 0 amide bonds. The molecule has 0 unspecified atom stereocenters. The summed E-state index contributed by atoms with van der Waals surface area (Å²) in [6.45, 7) is 4.85. The predicted molar refractivity (Wildman–Crippen MR) is 74.5 cm³/mol. The molecule has 1 aromatic heterocycles. The van der Waals surface area contributed by atoms with Gasteiger partial charge in [-0.1, -0.05) is 0 Å². The lowest BCUT2D eigenvalue weighted by molar-refractivity contribution is 0.454. The molecule has 0 atom stereocenters. The van der Waals surface area contributed by atoms with Gasteiger partial charge in [-0.05, 0) is 44.5 Å². The minimum absolute atomic E-state index is 0.0709. The summed E-state index contributed by atoms with van der Waals surface area (Å²) in [5.74, 6) is -1.39. The second-order valence-electron chi connectivity index (χ2n) is 4.59. The van der Waals surface area contributed by atoms with E-state index in [-0.39, 0.29) is 17.9 Å². The van der Waals surface area contributed by atoms with Crippen LogP contribution in [-0.4, -0.2) is 18.2 Å². The van der Waals surface area contributed by atoms with Gasteiger partial charge in [-0.2, -0.15) is 9.49 Å². The van der Waals surface area contributed by atoms with Crippen molar-refractivity contribution in [2.45, 2.75) is 32.2 Å². The predicted octanol–water partition coefficient (Wildman–Crippen LogP) is 2.60. The van der Waals surface area contributed by atoms with Crippen LogP contribution in [0.15, 0.2) is 23.1 Å². The first-order chi connectivity index (χ1) is 9.76. The van der Waals surface area contributed by atoms with Crippen molar-refractivity contribution in [3.8, 4) is 0 Å². The largest absolute Gasteiger partial charge is 0.279 e. The zero-order valence-electron chi connectivity index (χ0n) is 11.8. The Morgan fingerprint density at radius 2 is 1.95 bits per heavy atom. The van der Waals surface area contributed by atoms with Gasteiger partial charge in [0.25, 0.3) is 10.0 Å². The first-order valence-electron chi connectivity index (χ1n) is 6.28. The molecule has 5 nitrogen and oxygen atoms in total. The molecule has 114 valence electrons. The van der Waals surface area contributed by atoms with E-state index < -0.39 is 26.7 Å². The van der Waals surface area contributed by atoms with Crippen LogP contribution in [0, 0.1) is 25.6 Å². The Hall–Kier alpha value is -1.96. The molecule has 0 saturated carbocycles. The third-order valence-corrected chi connectivity index (χ3v) is 4.50. The van der Waals surface area contributed by atoms with Crippen molar-refractivity contribution < 1.29 is 17.2 Å². The fourth-order valence-electron chi connectivity index (χ4n) is 1.99. The van der Waals surface area contributed by atoms with Crippen LogP contribution in [0.5, 0.6) is 0 Å². The SMILES string of the molecule is CCn1nc(C)c(S(=O)(=O)Nc2ccc(F)cc2C)c1F. The van der Waals surface area contributed by atoms with E-state index >= 15 is 0 Å². The summed E-state index contributed by atoms with van der Waals surface area (Å²) in [5, 5.41) is 3.84. The third-order valence-electron chi connectivity index (χ3n) is 3.01. The highest BCUT2D eigenvalue weighted by atomic mass is 32.2. The quantitative estimate of drug-likeness (QED) is 0.943. The summed E-state index contributed by atoms with van der Waals surface area (Å²) < 4.78 is 55.0. The van der Waals surface area contributed by atoms with Crippen LogP contribution < -0.4 is 4.72 Å². The number of hydrogen-bond acceptors (Lipinski definition) is 3. The van der Waals surface area contributed by atoms with Gasteiger partial charge >= 0.3 is 0 Å². The molecule has 0 saturated heterocycles. The highest BCUT2D eigenvalue weighted by Gasteiger charge is 2.27. The number of anilines is 1. The molecule has 2 aromatic rings. The van der Waals surface area contributed by atoms with Gasteiger partial charge in [0, 0.05) is 6.54 Å². The Morgan fingerprint density at radius 1 is 1.29 bits per heavy atom. The van der Waals surface area contributed by atoms with Crippen molar-refractivity contribution >= 4 is 15.7 Å². The zero-order valence-corrected chi connectivity index (χ0v) is 12.6. The number of hydrogen-bond donors (Lipinski definition) is 1. The van der Waals surface area contributed by atoms with Crippen LogP contribution in [-0.2, 0) is 16.6 Å². The van der Waals surface area contributed by atoms with E-state index in [1.54, 1.807) is 13.8 Å². The number of halogens is 2. The van der Waals surface area contributed by atoms with Gasteiger partial charge in [0.1, 0.15) is 5.82 Å². The van der Waals surface area contributed by atoms with Gasteiger partial charge in [0.2, 0.25) is 5.95 Å². The summed E-state index contributed by atoms with van der Waals surface area (Å²) in [5.41, 5.74) is 0.667. The molecule has 0 radical (unpaired) electrons. The number of benzene rings is 1. The van der Waals surface area contributed by atoms with E-state index in [4.69, 9.17) is 0 Å². The van der Waals surface area contributed by atoms with E-state index in [1.165, 1.54) is 19.1 Å². The van der Waals surface area contributed by atoms with Crippen LogP contribution in [0.1, 0.15) is 18.2 Å². The number of rotatable bonds is 4. The van der Waals surface area contributed by atoms with Crippen molar-refractivity contribution in [1.82, 2.24) is 9.78 Å². The number of sulfonamides is 1. The lowest BCUT2D eigenvalue weighted by Gasteiger charge is -2.10. The molecule has 0 spiro atoms. The Labute approximate surface area is 121 Å². The Kier molecular flexibility index (Phi) is 3.99. The topological polar surface area (TPSA) is 64.0 Å². The van der Waals surface area contributed by atoms with E-state index in [2.05, 4.69) is 9.82 Å². The van der Waals surface area contributed by atoms with E-state index in [0.29, 0.717) is 5.56 Å². The molecule has 1 heterocycles. The third kappa shape index (κ3) is 2.90. The zero-order chi connectivity index (χ0) is 15.8. The average molecular weight is 315 g/mol. The molecule has 0 bridgehead atoms. The Morgan fingerprint density at radius 3 is 2.48 bits per heavy atom. The van der Waals surface area contributed by atoms with Gasteiger partial charge in [-0.3, -0.25) is 4.72 Å². The fraction of sp³-hybridized carbons (Fsp3) is 0.308. The minimum Gasteiger partial charge on any atom is -0.279 e. The lowest BCUT2D eigenvalue weighted by Crippen LogP contribution is -2.16. The van der Waals surface area contributed by atoms with Gasteiger partial charge in [-0.15, -0.1) is 0 Å². The molecule has 0 fully saturated rings. The molecule has 0 aliphatic carbocycles. The van der Waals surface area contributed by atoms with Crippen molar-refractivity contribution in [1.29, 1.82) is 0 Å². The van der Waals surface area contributed by atoms with Crippen LogP contribution in [0.3, 0.4) is 0 Å². The van der Waals surface area contributed by atoms with E-state index in [1.807, 2.05) is 0 Å². The smallest absolute Gasteiger partial charge is 0.268 e. The molecular formula is C13H15F2N3O2S. The molecule has 21 heavy (non-hydrogen) atoms. The second kappa shape index (κ2) is 5.44. The maximum atomic E-state index is 14.1. The summed E-state index contributed by atoms with van der Waals surface area (Å²) >= 11 is 0.